The van der Waals surface area contributed by atoms with Crippen LogP contribution in [-0.2, 0) is 16.0 Å². The normalized spacial score (nSPS) is 19.9. The first kappa shape index (κ1) is 13.3. The highest BCUT2D eigenvalue weighted by Crippen LogP contribution is 2.17. The van der Waals surface area contributed by atoms with Gasteiger partial charge in [-0.15, -0.1) is 0 Å². The molecule has 1 aliphatic heterocycles. The van der Waals surface area contributed by atoms with Crippen LogP contribution in [0.2, 0.25) is 5.02 Å². The first-order valence-electron chi connectivity index (χ1n) is 5.94. The van der Waals surface area contributed by atoms with Crippen molar-refractivity contribution in [2.75, 3.05) is 26.3 Å². The monoisotopic (exact) mass is 269 g/mol. The van der Waals surface area contributed by atoms with Crippen LogP contribution in [0.15, 0.2) is 24.3 Å². The highest BCUT2D eigenvalue weighted by atomic mass is 35.5. The Bertz CT molecular complexity index is 424. The number of aliphatic hydroxyl groups is 1. The number of hydrogen-bond acceptors (Lipinski definition) is 3. The number of halogens is 1. The summed E-state index contributed by atoms with van der Waals surface area (Å²) in [6.45, 7) is 1.43. The number of carbonyl (C=O) groups is 1. The zero-order chi connectivity index (χ0) is 13.0. The van der Waals surface area contributed by atoms with Crippen LogP contribution < -0.4 is 0 Å². The Balaban J connectivity index is 1.97. The van der Waals surface area contributed by atoms with Crippen molar-refractivity contribution < 1.29 is 14.6 Å². The van der Waals surface area contributed by atoms with E-state index >= 15 is 0 Å². The summed E-state index contributed by atoms with van der Waals surface area (Å²) >= 11 is 6.03. The van der Waals surface area contributed by atoms with E-state index in [1.54, 1.807) is 11.0 Å². The number of nitrogens with zero attached hydrogens (tertiary/aromatic N) is 1. The fourth-order valence-corrected chi connectivity index (χ4v) is 2.18. The van der Waals surface area contributed by atoms with Crippen LogP contribution in [0, 0.1) is 0 Å². The standard InChI is InChI=1S/C13H16ClNO3/c14-12-4-2-1-3-10(12)7-13(17)15-5-6-18-11(8-15)9-16/h1-4,11,16H,5-9H2. The van der Waals surface area contributed by atoms with Gasteiger partial charge in [0.05, 0.1) is 25.7 Å². The van der Waals surface area contributed by atoms with Crippen LogP contribution in [0.1, 0.15) is 5.56 Å². The third-order valence-corrected chi connectivity index (χ3v) is 3.36. The molecule has 0 bridgehead atoms. The first-order chi connectivity index (χ1) is 8.70. The third-order valence-electron chi connectivity index (χ3n) is 2.99. The van der Waals surface area contributed by atoms with Crippen molar-refractivity contribution >= 4 is 17.5 Å². The van der Waals surface area contributed by atoms with Crippen LogP contribution in [0.5, 0.6) is 0 Å². The molecule has 1 atom stereocenters. The van der Waals surface area contributed by atoms with Crippen molar-refractivity contribution in [3.8, 4) is 0 Å². The largest absolute Gasteiger partial charge is 0.394 e. The maximum absolute atomic E-state index is 12.1. The van der Waals surface area contributed by atoms with E-state index in [0.717, 1.165) is 5.56 Å². The molecule has 1 N–H and O–H groups in total. The summed E-state index contributed by atoms with van der Waals surface area (Å²) in [5, 5.41) is 9.65. The summed E-state index contributed by atoms with van der Waals surface area (Å²) in [5.41, 5.74) is 0.830. The van der Waals surface area contributed by atoms with Gasteiger partial charge in [0.1, 0.15) is 0 Å². The lowest BCUT2D eigenvalue weighted by Gasteiger charge is -2.32. The Labute approximate surface area is 111 Å². The fraction of sp³-hybridized carbons (Fsp3) is 0.462. The number of benzene rings is 1. The van der Waals surface area contributed by atoms with E-state index < -0.39 is 0 Å². The van der Waals surface area contributed by atoms with Crippen molar-refractivity contribution in [2.45, 2.75) is 12.5 Å². The van der Waals surface area contributed by atoms with Gasteiger partial charge in [-0.1, -0.05) is 29.8 Å². The summed E-state index contributed by atoms with van der Waals surface area (Å²) in [6.07, 6.45) is 0.0200. The molecule has 1 aliphatic rings. The van der Waals surface area contributed by atoms with Gasteiger partial charge in [-0.2, -0.15) is 0 Å². The molecule has 0 aliphatic carbocycles. The lowest BCUT2D eigenvalue weighted by molar-refractivity contribution is -0.139. The molecule has 1 heterocycles. The smallest absolute Gasteiger partial charge is 0.227 e. The summed E-state index contributed by atoms with van der Waals surface area (Å²) in [5.74, 6) is 0.0184. The van der Waals surface area contributed by atoms with E-state index in [4.69, 9.17) is 21.4 Å². The van der Waals surface area contributed by atoms with Crippen molar-refractivity contribution in [3.05, 3.63) is 34.9 Å². The maximum atomic E-state index is 12.1. The van der Waals surface area contributed by atoms with Gasteiger partial charge in [0.15, 0.2) is 0 Å². The van der Waals surface area contributed by atoms with Crippen LogP contribution in [-0.4, -0.2) is 48.3 Å². The van der Waals surface area contributed by atoms with E-state index in [2.05, 4.69) is 0 Å². The molecule has 98 valence electrons. The topological polar surface area (TPSA) is 49.8 Å². The van der Waals surface area contributed by atoms with E-state index in [-0.39, 0.29) is 25.0 Å². The third kappa shape index (κ3) is 3.22. The number of amides is 1. The Kier molecular flexibility index (Phi) is 4.58. The van der Waals surface area contributed by atoms with Gasteiger partial charge < -0.3 is 14.7 Å². The van der Waals surface area contributed by atoms with Gasteiger partial charge in [0.25, 0.3) is 0 Å². The van der Waals surface area contributed by atoms with E-state index in [9.17, 15) is 4.79 Å². The van der Waals surface area contributed by atoms with Crippen molar-refractivity contribution in [1.82, 2.24) is 4.90 Å². The quantitative estimate of drug-likeness (QED) is 0.894. The van der Waals surface area contributed by atoms with Gasteiger partial charge in [-0.05, 0) is 11.6 Å². The molecule has 0 radical (unpaired) electrons. The van der Waals surface area contributed by atoms with Gasteiger partial charge in [-0.3, -0.25) is 4.79 Å². The Morgan fingerprint density at radius 1 is 1.50 bits per heavy atom. The van der Waals surface area contributed by atoms with Gasteiger partial charge in [0, 0.05) is 18.1 Å². The molecule has 1 amide bonds. The molecule has 1 fully saturated rings. The molecule has 0 saturated carbocycles. The molecule has 1 aromatic rings. The number of carbonyl (C=O) groups excluding carboxylic acids is 1. The minimum absolute atomic E-state index is 0.0184. The van der Waals surface area contributed by atoms with Crippen LogP contribution in [0.25, 0.3) is 0 Å². The number of morpholine rings is 1. The Morgan fingerprint density at radius 2 is 2.28 bits per heavy atom. The lowest BCUT2D eigenvalue weighted by atomic mass is 10.1. The van der Waals surface area contributed by atoms with E-state index in [1.807, 2.05) is 18.2 Å². The zero-order valence-electron chi connectivity index (χ0n) is 10.0. The summed E-state index contributed by atoms with van der Waals surface area (Å²) in [7, 11) is 0. The van der Waals surface area contributed by atoms with Gasteiger partial charge >= 0.3 is 0 Å². The average Bonchev–Trinajstić information content (AvgIpc) is 2.41. The fourth-order valence-electron chi connectivity index (χ4n) is 1.97. The molecule has 0 aromatic heterocycles. The number of hydrogen-bond donors (Lipinski definition) is 1. The molecule has 4 nitrogen and oxygen atoms in total. The second-order valence-corrected chi connectivity index (χ2v) is 4.69. The van der Waals surface area contributed by atoms with Crippen molar-refractivity contribution in [1.29, 1.82) is 0 Å². The molecule has 2 rings (SSSR count). The second-order valence-electron chi connectivity index (χ2n) is 4.28. The predicted octanol–water partition coefficient (Wildman–Crippen LogP) is 1.10. The van der Waals surface area contributed by atoms with Crippen LogP contribution in [0.4, 0.5) is 0 Å². The summed E-state index contributed by atoms with van der Waals surface area (Å²) in [4.78, 5) is 13.8. The number of aliphatic hydroxyl groups excluding tert-OH is 1. The number of ether oxygens (including phenoxy) is 1. The highest BCUT2D eigenvalue weighted by Gasteiger charge is 2.23. The van der Waals surface area contributed by atoms with Gasteiger partial charge in [-0.25, -0.2) is 0 Å². The Morgan fingerprint density at radius 3 is 3.00 bits per heavy atom. The van der Waals surface area contributed by atoms with E-state index in [1.165, 1.54) is 0 Å². The minimum Gasteiger partial charge on any atom is -0.394 e. The molecule has 1 aromatic carbocycles. The van der Waals surface area contributed by atoms with Crippen molar-refractivity contribution in [3.63, 3.8) is 0 Å². The summed E-state index contributed by atoms with van der Waals surface area (Å²) < 4.78 is 5.31. The molecule has 5 heteroatoms. The molecule has 1 unspecified atom stereocenters. The second kappa shape index (κ2) is 6.18. The predicted molar refractivity (Wildman–Crippen MR) is 68.6 cm³/mol. The Hall–Kier alpha value is -1.10. The first-order valence-corrected chi connectivity index (χ1v) is 6.32. The zero-order valence-corrected chi connectivity index (χ0v) is 10.8. The highest BCUT2D eigenvalue weighted by molar-refractivity contribution is 6.31. The van der Waals surface area contributed by atoms with E-state index in [0.29, 0.717) is 24.7 Å². The van der Waals surface area contributed by atoms with Crippen molar-refractivity contribution in [2.24, 2.45) is 0 Å². The lowest BCUT2D eigenvalue weighted by Crippen LogP contribution is -2.47. The average molecular weight is 270 g/mol. The maximum Gasteiger partial charge on any atom is 0.227 e. The molecule has 0 spiro atoms. The minimum atomic E-state index is -0.269. The molecular formula is C13H16ClNO3. The molecular weight excluding hydrogens is 254 g/mol. The summed E-state index contributed by atoms with van der Waals surface area (Å²) in [6, 6.07) is 7.33. The number of rotatable bonds is 3. The molecule has 18 heavy (non-hydrogen) atoms. The van der Waals surface area contributed by atoms with Crippen LogP contribution >= 0.6 is 11.6 Å². The van der Waals surface area contributed by atoms with Gasteiger partial charge in [0.2, 0.25) is 5.91 Å². The van der Waals surface area contributed by atoms with Crippen LogP contribution in [0.3, 0.4) is 0 Å². The molecule has 1 saturated heterocycles. The SMILES string of the molecule is O=C(Cc1ccccc1Cl)N1CCOC(CO)C1.